The standard InChI is InChI=1S/C27H30N10O3/c1-17(2)10-21(33-27(39)40)26(38)36-8-6-35(7-9-36)23-5-4-18(12-29-23)24-25-19(11-28)13-31-37(25)16-22(32-24)20-14-30-34(3)15-20/h4-5,12-17,21,33H,6-10H2,1-3H3,(H,39,40)/t21-/m1/s1. The highest BCUT2D eigenvalue weighted by Gasteiger charge is 2.29. The highest BCUT2D eigenvalue weighted by atomic mass is 16.4. The van der Waals surface area contributed by atoms with Crippen LogP contribution in [0.1, 0.15) is 25.8 Å². The van der Waals surface area contributed by atoms with E-state index in [2.05, 4.69) is 31.5 Å². The van der Waals surface area contributed by atoms with Crippen LogP contribution < -0.4 is 10.2 Å². The van der Waals surface area contributed by atoms with Crippen LogP contribution in [0.25, 0.3) is 28.0 Å². The van der Waals surface area contributed by atoms with Crippen molar-refractivity contribution in [2.24, 2.45) is 13.0 Å². The molecule has 0 spiro atoms. The molecule has 1 aliphatic heterocycles. The normalized spacial score (nSPS) is 14.4. The Balaban J connectivity index is 1.35. The molecule has 4 aromatic rings. The monoisotopic (exact) mass is 542 g/mol. The number of hydrogen-bond acceptors (Lipinski definition) is 8. The summed E-state index contributed by atoms with van der Waals surface area (Å²) in [6.07, 6.45) is 7.86. The molecule has 40 heavy (non-hydrogen) atoms. The first-order valence-electron chi connectivity index (χ1n) is 13.0. The fraction of sp³-hybridized carbons (Fsp3) is 0.370. The maximum Gasteiger partial charge on any atom is 0.405 e. The lowest BCUT2D eigenvalue weighted by Gasteiger charge is -2.37. The number of anilines is 1. The van der Waals surface area contributed by atoms with Gasteiger partial charge in [0.05, 0.1) is 30.0 Å². The van der Waals surface area contributed by atoms with Gasteiger partial charge in [0.15, 0.2) is 0 Å². The van der Waals surface area contributed by atoms with Crippen LogP contribution in [0, 0.1) is 17.2 Å². The number of carbonyl (C=O) groups is 2. The first-order valence-corrected chi connectivity index (χ1v) is 13.0. The van der Waals surface area contributed by atoms with Gasteiger partial charge < -0.3 is 20.2 Å². The number of aromatic nitrogens is 6. The van der Waals surface area contributed by atoms with Crippen molar-refractivity contribution in [3.8, 4) is 28.6 Å². The van der Waals surface area contributed by atoms with Gasteiger partial charge in [0.25, 0.3) is 0 Å². The van der Waals surface area contributed by atoms with Gasteiger partial charge >= 0.3 is 6.09 Å². The minimum absolute atomic E-state index is 0.178. The summed E-state index contributed by atoms with van der Waals surface area (Å²) in [5.74, 6) is 0.737. The maximum atomic E-state index is 13.0. The molecular weight excluding hydrogens is 512 g/mol. The molecule has 2 amide bonds. The summed E-state index contributed by atoms with van der Waals surface area (Å²) in [6.45, 7) is 5.99. The number of amides is 2. The van der Waals surface area contributed by atoms with Crippen LogP contribution in [0.15, 0.2) is 43.1 Å². The molecule has 0 radical (unpaired) electrons. The zero-order chi connectivity index (χ0) is 28.4. The van der Waals surface area contributed by atoms with Crippen molar-refractivity contribution in [1.82, 2.24) is 39.6 Å². The number of nitriles is 1. The number of piperazine rings is 1. The van der Waals surface area contributed by atoms with Crippen LogP contribution in [0.4, 0.5) is 10.6 Å². The zero-order valence-corrected chi connectivity index (χ0v) is 22.5. The summed E-state index contributed by atoms with van der Waals surface area (Å²) in [4.78, 5) is 37.5. The Bertz CT molecular complexity index is 1580. The molecule has 206 valence electrons. The summed E-state index contributed by atoms with van der Waals surface area (Å²) in [6, 6.07) is 5.25. The fourth-order valence-corrected chi connectivity index (χ4v) is 4.92. The Hall–Kier alpha value is -4.99. The summed E-state index contributed by atoms with van der Waals surface area (Å²) >= 11 is 0. The second-order valence-corrected chi connectivity index (χ2v) is 10.2. The van der Waals surface area contributed by atoms with Gasteiger partial charge in [-0.1, -0.05) is 13.8 Å². The van der Waals surface area contributed by atoms with Crippen LogP contribution in [-0.2, 0) is 11.8 Å². The van der Waals surface area contributed by atoms with Crippen LogP contribution in [0.3, 0.4) is 0 Å². The number of aryl methyl sites for hydroxylation is 1. The molecule has 13 nitrogen and oxygen atoms in total. The van der Waals surface area contributed by atoms with Gasteiger partial charge in [0.1, 0.15) is 29.0 Å². The number of carbonyl (C=O) groups excluding carboxylic acids is 1. The lowest BCUT2D eigenvalue weighted by molar-refractivity contribution is -0.134. The SMILES string of the molecule is CC(C)C[C@@H](NC(=O)O)C(=O)N1CCN(c2ccc(-c3nc(-c4cnn(C)c4)cn4ncc(C#N)c34)cn2)CC1. The second-order valence-electron chi connectivity index (χ2n) is 10.2. The third-order valence-corrected chi connectivity index (χ3v) is 6.86. The smallest absolute Gasteiger partial charge is 0.405 e. The van der Waals surface area contributed by atoms with Crippen molar-refractivity contribution in [2.75, 3.05) is 31.1 Å². The molecule has 0 aliphatic carbocycles. The van der Waals surface area contributed by atoms with Crippen LogP contribution in [0.2, 0.25) is 0 Å². The fourth-order valence-electron chi connectivity index (χ4n) is 4.92. The number of nitrogens with zero attached hydrogens (tertiary/aromatic N) is 9. The van der Waals surface area contributed by atoms with Gasteiger partial charge in [-0.2, -0.15) is 15.5 Å². The highest BCUT2D eigenvalue weighted by Crippen LogP contribution is 2.29. The lowest BCUT2D eigenvalue weighted by Crippen LogP contribution is -2.55. The van der Waals surface area contributed by atoms with Gasteiger partial charge in [-0.25, -0.2) is 19.3 Å². The van der Waals surface area contributed by atoms with E-state index in [4.69, 9.17) is 10.1 Å². The van der Waals surface area contributed by atoms with E-state index in [1.54, 1.807) is 32.7 Å². The van der Waals surface area contributed by atoms with E-state index in [0.717, 1.165) is 16.9 Å². The largest absolute Gasteiger partial charge is 0.465 e. The zero-order valence-electron chi connectivity index (χ0n) is 22.5. The minimum atomic E-state index is -1.20. The lowest BCUT2D eigenvalue weighted by atomic mass is 10.0. The van der Waals surface area contributed by atoms with E-state index in [9.17, 15) is 14.9 Å². The number of carboxylic acid groups (broad SMARTS) is 1. The number of fused-ring (bicyclic) bond motifs is 1. The molecule has 1 saturated heterocycles. The van der Waals surface area contributed by atoms with E-state index in [1.165, 1.54) is 6.20 Å². The van der Waals surface area contributed by atoms with E-state index < -0.39 is 12.1 Å². The van der Waals surface area contributed by atoms with Crippen LogP contribution in [0.5, 0.6) is 0 Å². The molecule has 0 aromatic carbocycles. The summed E-state index contributed by atoms with van der Waals surface area (Å²) in [5.41, 5.74) is 3.83. The van der Waals surface area contributed by atoms with Crippen molar-refractivity contribution >= 4 is 23.3 Å². The predicted octanol–water partition coefficient (Wildman–Crippen LogP) is 2.39. The molecule has 1 aliphatic rings. The van der Waals surface area contributed by atoms with Gasteiger partial charge in [-0.15, -0.1) is 0 Å². The molecule has 13 heteroatoms. The molecule has 0 bridgehead atoms. The predicted molar refractivity (Wildman–Crippen MR) is 146 cm³/mol. The van der Waals surface area contributed by atoms with Gasteiger partial charge in [-0.3, -0.25) is 9.48 Å². The van der Waals surface area contributed by atoms with Crippen molar-refractivity contribution in [3.63, 3.8) is 0 Å². The van der Waals surface area contributed by atoms with E-state index in [1.807, 2.05) is 39.2 Å². The molecule has 0 unspecified atom stereocenters. The number of pyridine rings is 1. The Morgan fingerprint density at radius 1 is 1.07 bits per heavy atom. The molecule has 5 heterocycles. The summed E-state index contributed by atoms with van der Waals surface area (Å²) in [5, 5.41) is 29.8. The third kappa shape index (κ3) is 5.42. The third-order valence-electron chi connectivity index (χ3n) is 6.86. The molecule has 4 aromatic heterocycles. The van der Waals surface area contributed by atoms with Crippen LogP contribution in [-0.4, -0.2) is 83.6 Å². The van der Waals surface area contributed by atoms with Crippen molar-refractivity contribution in [1.29, 1.82) is 5.26 Å². The number of nitrogens with one attached hydrogen (secondary N) is 1. The average Bonchev–Trinajstić information content (AvgIpc) is 3.57. The van der Waals surface area contributed by atoms with E-state index in [-0.39, 0.29) is 11.8 Å². The molecule has 1 atom stereocenters. The van der Waals surface area contributed by atoms with Gasteiger partial charge in [0, 0.05) is 56.7 Å². The number of rotatable bonds is 7. The molecule has 2 N–H and O–H groups in total. The average molecular weight is 543 g/mol. The Kier molecular flexibility index (Phi) is 7.33. The Labute approximate surface area is 230 Å². The van der Waals surface area contributed by atoms with E-state index in [0.29, 0.717) is 55.1 Å². The Morgan fingerprint density at radius 3 is 2.45 bits per heavy atom. The second kappa shape index (κ2) is 11.0. The molecule has 5 rings (SSSR count). The molecule has 0 saturated carbocycles. The quantitative estimate of drug-likeness (QED) is 0.358. The summed E-state index contributed by atoms with van der Waals surface area (Å²) in [7, 11) is 1.83. The van der Waals surface area contributed by atoms with Crippen molar-refractivity contribution < 1.29 is 14.7 Å². The van der Waals surface area contributed by atoms with Crippen molar-refractivity contribution in [2.45, 2.75) is 26.3 Å². The Morgan fingerprint density at radius 2 is 1.85 bits per heavy atom. The first-order chi connectivity index (χ1) is 19.2. The molecule has 1 fully saturated rings. The first kappa shape index (κ1) is 26.6. The molecular formula is C27H30N10O3. The van der Waals surface area contributed by atoms with Gasteiger partial charge in [0.2, 0.25) is 5.91 Å². The maximum absolute atomic E-state index is 13.0. The van der Waals surface area contributed by atoms with Gasteiger partial charge in [-0.05, 0) is 24.5 Å². The summed E-state index contributed by atoms with van der Waals surface area (Å²) < 4.78 is 3.35. The number of hydrogen-bond donors (Lipinski definition) is 2. The van der Waals surface area contributed by atoms with E-state index >= 15 is 0 Å². The highest BCUT2D eigenvalue weighted by molar-refractivity contribution is 5.86. The van der Waals surface area contributed by atoms with Crippen molar-refractivity contribution in [3.05, 3.63) is 48.7 Å². The van der Waals surface area contributed by atoms with Crippen LogP contribution >= 0.6 is 0 Å². The minimum Gasteiger partial charge on any atom is -0.465 e. The topological polar surface area (TPSA) is 158 Å².